The highest BCUT2D eigenvalue weighted by Crippen LogP contribution is 2.54. The minimum absolute atomic E-state index is 0.224. The summed E-state index contributed by atoms with van der Waals surface area (Å²) in [7, 11) is 0. The van der Waals surface area contributed by atoms with Crippen LogP contribution in [0.4, 0.5) is 0 Å². The fourth-order valence-electron chi connectivity index (χ4n) is 4.15. The summed E-state index contributed by atoms with van der Waals surface area (Å²) >= 11 is 0. The summed E-state index contributed by atoms with van der Waals surface area (Å²) in [4.78, 5) is 0. The largest absolute Gasteiger partial charge is 0.0628 e. The smallest absolute Gasteiger partial charge is 0.0215 e. The third kappa shape index (κ3) is 2.96. The molecule has 0 saturated heterocycles. The summed E-state index contributed by atoms with van der Waals surface area (Å²) in [6.07, 6.45) is 5.12. The Labute approximate surface area is 141 Å². The Morgan fingerprint density at radius 3 is 1.43 bits per heavy atom. The van der Waals surface area contributed by atoms with Crippen LogP contribution in [0.5, 0.6) is 0 Å². The van der Waals surface area contributed by atoms with Crippen molar-refractivity contribution in [2.45, 2.75) is 58.8 Å². The van der Waals surface area contributed by atoms with Crippen LogP contribution in [0, 0.1) is 11.8 Å². The van der Waals surface area contributed by atoms with Crippen LogP contribution < -0.4 is 0 Å². The highest BCUT2D eigenvalue weighted by atomic mass is 14.4. The van der Waals surface area contributed by atoms with Gasteiger partial charge in [-0.05, 0) is 59.8 Å². The van der Waals surface area contributed by atoms with E-state index in [9.17, 15) is 0 Å². The van der Waals surface area contributed by atoms with Crippen LogP contribution in [0.25, 0.3) is 11.1 Å². The molecule has 0 bridgehead atoms. The van der Waals surface area contributed by atoms with Crippen molar-refractivity contribution in [3.05, 3.63) is 59.7 Å². The standard InChI is InChI=1S/C23H30/c1-17(2)13-15-23(16-14-18(3)4)21-11-7-5-9-19(21)20-10-6-8-12-22(20)23/h5-12,17-18H,13-16H2,1-4H3. The van der Waals surface area contributed by atoms with Crippen molar-refractivity contribution in [2.75, 3.05) is 0 Å². The highest BCUT2D eigenvalue weighted by molar-refractivity contribution is 5.80. The van der Waals surface area contributed by atoms with E-state index >= 15 is 0 Å². The summed E-state index contributed by atoms with van der Waals surface area (Å²) in [5.74, 6) is 1.51. The predicted octanol–water partition coefficient (Wildman–Crippen LogP) is 6.83. The first-order valence-corrected chi connectivity index (χ1v) is 9.24. The SMILES string of the molecule is CC(C)CCC1(CCC(C)C)c2ccccc2-c2ccccc21. The van der Waals surface area contributed by atoms with Gasteiger partial charge in [0.2, 0.25) is 0 Å². The Morgan fingerprint density at radius 1 is 0.652 bits per heavy atom. The summed E-state index contributed by atoms with van der Waals surface area (Å²) in [5.41, 5.74) is 6.30. The maximum Gasteiger partial charge on any atom is 0.0215 e. The van der Waals surface area contributed by atoms with Crippen molar-refractivity contribution in [1.82, 2.24) is 0 Å². The van der Waals surface area contributed by atoms with Crippen molar-refractivity contribution >= 4 is 0 Å². The minimum Gasteiger partial charge on any atom is -0.0628 e. The lowest BCUT2D eigenvalue weighted by Gasteiger charge is -2.34. The molecule has 0 radical (unpaired) electrons. The van der Waals surface area contributed by atoms with Crippen LogP contribution in [0.15, 0.2) is 48.5 Å². The molecule has 23 heavy (non-hydrogen) atoms. The zero-order chi connectivity index (χ0) is 16.4. The van der Waals surface area contributed by atoms with E-state index in [1.165, 1.54) is 36.8 Å². The third-order valence-electron chi connectivity index (χ3n) is 5.47. The lowest BCUT2D eigenvalue weighted by Crippen LogP contribution is -2.26. The van der Waals surface area contributed by atoms with Crippen LogP contribution in [0.2, 0.25) is 0 Å². The van der Waals surface area contributed by atoms with Gasteiger partial charge in [-0.1, -0.05) is 76.2 Å². The summed E-state index contributed by atoms with van der Waals surface area (Å²) < 4.78 is 0. The summed E-state index contributed by atoms with van der Waals surface area (Å²) in [6, 6.07) is 18.2. The molecular formula is C23H30. The van der Waals surface area contributed by atoms with Gasteiger partial charge in [0.1, 0.15) is 0 Å². The van der Waals surface area contributed by atoms with Gasteiger partial charge in [0.25, 0.3) is 0 Å². The van der Waals surface area contributed by atoms with Gasteiger partial charge in [-0.2, -0.15) is 0 Å². The molecule has 0 atom stereocenters. The number of rotatable bonds is 6. The maximum atomic E-state index is 2.38. The molecule has 0 heteroatoms. The molecule has 0 fully saturated rings. The van der Waals surface area contributed by atoms with E-state index in [0.29, 0.717) is 0 Å². The van der Waals surface area contributed by atoms with E-state index in [1.807, 2.05) is 0 Å². The number of benzene rings is 2. The fourth-order valence-corrected chi connectivity index (χ4v) is 4.15. The summed E-state index contributed by atoms with van der Waals surface area (Å²) in [6.45, 7) is 9.40. The van der Waals surface area contributed by atoms with Crippen molar-refractivity contribution in [2.24, 2.45) is 11.8 Å². The molecule has 0 aliphatic heterocycles. The molecule has 2 aromatic rings. The molecule has 0 N–H and O–H groups in total. The lowest BCUT2D eigenvalue weighted by molar-refractivity contribution is 0.364. The van der Waals surface area contributed by atoms with Crippen molar-refractivity contribution in [3.8, 4) is 11.1 Å². The second kappa shape index (κ2) is 6.51. The third-order valence-corrected chi connectivity index (χ3v) is 5.47. The Hall–Kier alpha value is -1.56. The second-order valence-electron chi connectivity index (χ2n) is 8.04. The summed E-state index contributed by atoms with van der Waals surface area (Å²) in [5, 5.41) is 0. The van der Waals surface area contributed by atoms with Crippen LogP contribution in [-0.2, 0) is 5.41 Å². The minimum atomic E-state index is 0.224. The van der Waals surface area contributed by atoms with E-state index in [1.54, 1.807) is 11.1 Å². The molecule has 0 saturated carbocycles. The molecule has 2 aromatic carbocycles. The number of hydrogen-bond acceptors (Lipinski definition) is 0. The average molecular weight is 306 g/mol. The first-order chi connectivity index (χ1) is 11.0. The Morgan fingerprint density at radius 2 is 1.04 bits per heavy atom. The van der Waals surface area contributed by atoms with Gasteiger partial charge < -0.3 is 0 Å². The molecule has 0 nitrogen and oxygen atoms in total. The molecule has 122 valence electrons. The monoisotopic (exact) mass is 306 g/mol. The van der Waals surface area contributed by atoms with E-state index in [4.69, 9.17) is 0 Å². The normalized spacial score (nSPS) is 15.0. The van der Waals surface area contributed by atoms with Gasteiger partial charge in [-0.3, -0.25) is 0 Å². The van der Waals surface area contributed by atoms with E-state index in [0.717, 1.165) is 11.8 Å². The Bertz CT molecular complexity index is 604. The molecule has 1 aliphatic rings. The molecule has 1 aliphatic carbocycles. The van der Waals surface area contributed by atoms with Crippen LogP contribution in [0.3, 0.4) is 0 Å². The van der Waals surface area contributed by atoms with Crippen molar-refractivity contribution in [3.63, 3.8) is 0 Å². The van der Waals surface area contributed by atoms with Gasteiger partial charge in [-0.25, -0.2) is 0 Å². The Balaban J connectivity index is 2.12. The quantitative estimate of drug-likeness (QED) is 0.549. The van der Waals surface area contributed by atoms with Gasteiger partial charge >= 0.3 is 0 Å². The Kier molecular flexibility index (Phi) is 4.62. The van der Waals surface area contributed by atoms with Crippen LogP contribution in [-0.4, -0.2) is 0 Å². The van der Waals surface area contributed by atoms with E-state index in [2.05, 4.69) is 76.2 Å². The molecule has 0 spiro atoms. The molecule has 0 amide bonds. The number of fused-ring (bicyclic) bond motifs is 3. The zero-order valence-electron chi connectivity index (χ0n) is 15.1. The van der Waals surface area contributed by atoms with E-state index in [-0.39, 0.29) is 5.41 Å². The highest BCUT2D eigenvalue weighted by Gasteiger charge is 2.42. The zero-order valence-corrected chi connectivity index (χ0v) is 15.1. The molecule has 0 heterocycles. The average Bonchev–Trinajstić information content (AvgIpc) is 2.82. The second-order valence-corrected chi connectivity index (χ2v) is 8.04. The van der Waals surface area contributed by atoms with Crippen LogP contribution >= 0.6 is 0 Å². The van der Waals surface area contributed by atoms with E-state index < -0.39 is 0 Å². The lowest BCUT2D eigenvalue weighted by atomic mass is 9.69. The first-order valence-electron chi connectivity index (χ1n) is 9.24. The van der Waals surface area contributed by atoms with Crippen molar-refractivity contribution in [1.29, 1.82) is 0 Å². The van der Waals surface area contributed by atoms with Crippen molar-refractivity contribution < 1.29 is 0 Å². The first kappa shape index (κ1) is 16.3. The fraction of sp³-hybridized carbons (Fsp3) is 0.478. The van der Waals surface area contributed by atoms with Gasteiger partial charge in [0.15, 0.2) is 0 Å². The molecular weight excluding hydrogens is 276 g/mol. The molecule has 3 rings (SSSR count). The molecule has 0 aromatic heterocycles. The predicted molar refractivity (Wildman–Crippen MR) is 101 cm³/mol. The van der Waals surface area contributed by atoms with Gasteiger partial charge in [-0.15, -0.1) is 0 Å². The van der Waals surface area contributed by atoms with Gasteiger partial charge in [0.05, 0.1) is 0 Å². The molecule has 0 unspecified atom stereocenters. The number of hydrogen-bond donors (Lipinski definition) is 0. The van der Waals surface area contributed by atoms with Gasteiger partial charge in [0, 0.05) is 5.41 Å². The topological polar surface area (TPSA) is 0 Å². The van der Waals surface area contributed by atoms with Crippen LogP contribution in [0.1, 0.15) is 64.5 Å². The maximum absolute atomic E-state index is 2.38.